The van der Waals surface area contributed by atoms with Crippen LogP contribution in [-0.2, 0) is 22.7 Å². The van der Waals surface area contributed by atoms with Crippen LogP contribution in [0.2, 0.25) is 5.02 Å². The average molecular weight is 307 g/mol. The van der Waals surface area contributed by atoms with Gasteiger partial charge >= 0.3 is 5.97 Å². The Kier molecular flexibility index (Phi) is 3.10. The fourth-order valence-electron chi connectivity index (χ4n) is 1.71. The van der Waals surface area contributed by atoms with Crippen LogP contribution in [0.25, 0.3) is 0 Å². The van der Waals surface area contributed by atoms with Crippen LogP contribution < -0.4 is 5.73 Å². The molecule has 2 rings (SSSR count). The number of rotatable bonds is 1. The summed E-state index contributed by atoms with van der Waals surface area (Å²) in [6.07, 6.45) is 0. The molecule has 0 fully saturated rings. The minimum Gasteiger partial charge on any atom is -0.465 e. The third kappa shape index (κ3) is 1.59. The number of hydrogen-bond acceptors (Lipinski definition) is 4. The number of nitrogens with two attached hydrogens (primary N) is 1. The van der Waals surface area contributed by atoms with Crippen molar-refractivity contribution in [3.63, 3.8) is 0 Å². The molecule has 1 aliphatic heterocycles. The van der Waals surface area contributed by atoms with E-state index in [1.54, 1.807) is 0 Å². The summed E-state index contributed by atoms with van der Waals surface area (Å²) in [5.41, 5.74) is 7.96. The van der Waals surface area contributed by atoms with Gasteiger partial charge in [0.25, 0.3) is 0 Å². The summed E-state index contributed by atoms with van der Waals surface area (Å²) in [5.74, 6) is -0.492. The maximum atomic E-state index is 11.6. The molecule has 86 valence electrons. The fourth-order valence-corrected chi connectivity index (χ4v) is 2.48. The number of esters is 1. The molecule has 0 saturated heterocycles. The number of carbonyl (C=O) groups is 1. The first-order valence-corrected chi connectivity index (χ1v) is 5.69. The predicted octanol–water partition coefficient (Wildman–Crippen LogP) is 2.50. The first-order valence-electron chi connectivity index (χ1n) is 4.52. The van der Waals surface area contributed by atoms with Gasteiger partial charge in [0.2, 0.25) is 0 Å². The molecular formula is C10H9BrClNO3. The lowest BCUT2D eigenvalue weighted by Crippen LogP contribution is -2.11. The lowest BCUT2D eigenvalue weighted by molar-refractivity contribution is 0.0597. The molecule has 0 spiro atoms. The Labute approximate surface area is 106 Å². The molecule has 0 bridgehead atoms. The van der Waals surface area contributed by atoms with Crippen LogP contribution in [0.1, 0.15) is 21.5 Å². The van der Waals surface area contributed by atoms with Crippen LogP contribution in [0, 0.1) is 0 Å². The minimum atomic E-state index is -0.492. The van der Waals surface area contributed by atoms with E-state index in [0.717, 1.165) is 11.1 Å². The number of anilines is 1. The first-order chi connectivity index (χ1) is 7.57. The molecule has 0 aromatic heterocycles. The second-order valence-corrected chi connectivity index (χ2v) is 4.53. The van der Waals surface area contributed by atoms with Gasteiger partial charge in [-0.25, -0.2) is 4.79 Å². The lowest BCUT2D eigenvalue weighted by Gasteiger charge is -2.12. The molecule has 1 aromatic rings. The third-order valence-corrected chi connectivity index (χ3v) is 4.01. The standard InChI is InChI=1S/C10H9BrClNO3/c1-15-10(14)6-4-2-16-3-5(4)7(11)8(12)9(6)13/h2-3,13H2,1H3. The topological polar surface area (TPSA) is 61.5 Å². The van der Waals surface area contributed by atoms with Gasteiger partial charge in [0, 0.05) is 10.0 Å². The zero-order valence-electron chi connectivity index (χ0n) is 8.47. The van der Waals surface area contributed by atoms with E-state index in [1.165, 1.54) is 7.11 Å². The lowest BCUT2D eigenvalue weighted by atomic mass is 10.0. The zero-order chi connectivity index (χ0) is 11.9. The van der Waals surface area contributed by atoms with Crippen LogP contribution in [0.3, 0.4) is 0 Å². The van der Waals surface area contributed by atoms with Gasteiger partial charge in [-0.2, -0.15) is 0 Å². The van der Waals surface area contributed by atoms with Crippen molar-refractivity contribution in [2.24, 2.45) is 0 Å². The van der Waals surface area contributed by atoms with Gasteiger partial charge in [-0.1, -0.05) is 11.6 Å². The van der Waals surface area contributed by atoms with Crippen molar-refractivity contribution < 1.29 is 14.3 Å². The first kappa shape index (κ1) is 11.7. The van der Waals surface area contributed by atoms with E-state index in [2.05, 4.69) is 20.7 Å². The Balaban J connectivity index is 2.74. The second kappa shape index (κ2) is 4.24. The molecule has 0 unspecified atom stereocenters. The molecule has 2 N–H and O–H groups in total. The zero-order valence-corrected chi connectivity index (χ0v) is 10.8. The van der Waals surface area contributed by atoms with E-state index in [0.29, 0.717) is 28.3 Å². The molecule has 1 aliphatic rings. The van der Waals surface area contributed by atoms with Crippen LogP contribution in [-0.4, -0.2) is 13.1 Å². The van der Waals surface area contributed by atoms with Gasteiger partial charge < -0.3 is 15.2 Å². The predicted molar refractivity (Wildman–Crippen MR) is 63.4 cm³/mol. The summed E-state index contributed by atoms with van der Waals surface area (Å²) in [5, 5.41) is 0.324. The summed E-state index contributed by atoms with van der Waals surface area (Å²) in [6.45, 7) is 0.764. The van der Waals surface area contributed by atoms with E-state index < -0.39 is 5.97 Å². The quantitative estimate of drug-likeness (QED) is 0.639. The van der Waals surface area contributed by atoms with Crippen LogP contribution in [0.15, 0.2) is 4.47 Å². The van der Waals surface area contributed by atoms with Gasteiger partial charge in [-0.15, -0.1) is 0 Å². The van der Waals surface area contributed by atoms with E-state index in [4.69, 9.17) is 22.1 Å². The number of fused-ring (bicyclic) bond motifs is 1. The highest BCUT2D eigenvalue weighted by Crippen LogP contribution is 2.41. The Morgan fingerprint density at radius 2 is 2.12 bits per heavy atom. The molecule has 0 atom stereocenters. The molecule has 0 radical (unpaired) electrons. The third-order valence-electron chi connectivity index (χ3n) is 2.51. The summed E-state index contributed by atoms with van der Waals surface area (Å²) in [6, 6.07) is 0. The van der Waals surface area contributed by atoms with E-state index in [1.807, 2.05) is 0 Å². The summed E-state index contributed by atoms with van der Waals surface area (Å²) < 4.78 is 10.7. The van der Waals surface area contributed by atoms with Crippen LogP contribution >= 0.6 is 27.5 Å². The molecule has 16 heavy (non-hydrogen) atoms. The van der Waals surface area contributed by atoms with Gasteiger partial charge in [0.1, 0.15) is 0 Å². The molecule has 0 amide bonds. The Morgan fingerprint density at radius 3 is 2.75 bits per heavy atom. The highest BCUT2D eigenvalue weighted by atomic mass is 79.9. The summed E-state index contributed by atoms with van der Waals surface area (Å²) in [7, 11) is 1.31. The van der Waals surface area contributed by atoms with Crippen molar-refractivity contribution in [3.8, 4) is 0 Å². The van der Waals surface area contributed by atoms with Gasteiger partial charge in [0.15, 0.2) is 0 Å². The SMILES string of the molecule is COC(=O)c1c(N)c(Cl)c(Br)c2c1COC2. The highest BCUT2D eigenvalue weighted by Gasteiger charge is 2.28. The Hall–Kier alpha value is -0.780. The maximum absolute atomic E-state index is 11.6. The molecular weight excluding hydrogens is 297 g/mol. The summed E-state index contributed by atoms with van der Waals surface area (Å²) in [4.78, 5) is 11.6. The van der Waals surface area contributed by atoms with Crippen LogP contribution in [0.4, 0.5) is 5.69 Å². The van der Waals surface area contributed by atoms with E-state index in [-0.39, 0.29) is 5.69 Å². The second-order valence-electron chi connectivity index (χ2n) is 3.36. The Morgan fingerprint density at radius 1 is 1.50 bits per heavy atom. The van der Waals surface area contributed by atoms with Crippen molar-refractivity contribution in [1.82, 2.24) is 0 Å². The molecule has 1 heterocycles. The van der Waals surface area contributed by atoms with Crippen molar-refractivity contribution >= 4 is 39.2 Å². The van der Waals surface area contributed by atoms with Crippen molar-refractivity contribution in [2.45, 2.75) is 13.2 Å². The number of nitrogen functional groups attached to an aromatic ring is 1. The van der Waals surface area contributed by atoms with Crippen molar-refractivity contribution in [3.05, 3.63) is 26.2 Å². The molecule has 1 aromatic carbocycles. The molecule has 0 aliphatic carbocycles. The smallest absolute Gasteiger partial charge is 0.340 e. The monoisotopic (exact) mass is 305 g/mol. The number of benzene rings is 1. The maximum Gasteiger partial charge on any atom is 0.340 e. The van der Waals surface area contributed by atoms with Crippen molar-refractivity contribution in [2.75, 3.05) is 12.8 Å². The van der Waals surface area contributed by atoms with Gasteiger partial charge in [0.05, 0.1) is 36.6 Å². The highest BCUT2D eigenvalue weighted by molar-refractivity contribution is 9.10. The summed E-state index contributed by atoms with van der Waals surface area (Å²) >= 11 is 9.38. The number of hydrogen-bond donors (Lipinski definition) is 1. The van der Waals surface area contributed by atoms with Gasteiger partial charge in [-0.3, -0.25) is 0 Å². The largest absolute Gasteiger partial charge is 0.465 e. The van der Waals surface area contributed by atoms with Gasteiger partial charge in [-0.05, 0) is 21.5 Å². The number of ether oxygens (including phenoxy) is 2. The molecule has 0 saturated carbocycles. The normalized spacial score (nSPS) is 13.7. The number of methoxy groups -OCH3 is 1. The number of carbonyl (C=O) groups excluding carboxylic acids is 1. The molecule has 6 heteroatoms. The number of halogens is 2. The molecule has 4 nitrogen and oxygen atoms in total. The van der Waals surface area contributed by atoms with E-state index in [9.17, 15) is 4.79 Å². The fraction of sp³-hybridized carbons (Fsp3) is 0.300. The minimum absolute atomic E-state index is 0.227. The average Bonchev–Trinajstić information content (AvgIpc) is 2.74. The van der Waals surface area contributed by atoms with E-state index >= 15 is 0 Å². The van der Waals surface area contributed by atoms with Crippen LogP contribution in [0.5, 0.6) is 0 Å². The van der Waals surface area contributed by atoms with Crippen molar-refractivity contribution in [1.29, 1.82) is 0 Å². The Bertz CT molecular complexity index is 476.